The summed E-state index contributed by atoms with van der Waals surface area (Å²) < 4.78 is 0. The van der Waals surface area contributed by atoms with Crippen LogP contribution in [0.1, 0.15) is 38.5 Å². The maximum atomic E-state index is 2.47. The summed E-state index contributed by atoms with van der Waals surface area (Å²) in [6.07, 6.45) is 17.8. The highest BCUT2D eigenvalue weighted by atomic mass is 14.3. The van der Waals surface area contributed by atoms with Crippen LogP contribution in [0.5, 0.6) is 0 Å². The Bertz CT molecular complexity index is 309. The van der Waals surface area contributed by atoms with E-state index in [-0.39, 0.29) is 0 Å². The highest BCUT2D eigenvalue weighted by molar-refractivity contribution is 5.48. The van der Waals surface area contributed by atoms with Crippen molar-refractivity contribution in [1.82, 2.24) is 0 Å². The SMILES string of the molecule is C1=C/C(=C/CC2CC2)C(CC2CC2)=C1. The average molecular weight is 186 g/mol. The minimum absolute atomic E-state index is 1.02. The fraction of sp³-hybridized carbons (Fsp3) is 0.571. The summed E-state index contributed by atoms with van der Waals surface area (Å²) in [5.41, 5.74) is 3.14. The molecule has 0 aromatic rings. The molecule has 0 amide bonds. The predicted molar refractivity (Wildman–Crippen MR) is 60.0 cm³/mol. The first-order valence-electron chi connectivity index (χ1n) is 5.99. The largest absolute Gasteiger partial charge is 0.0767 e. The van der Waals surface area contributed by atoms with Crippen molar-refractivity contribution in [2.75, 3.05) is 0 Å². The summed E-state index contributed by atoms with van der Waals surface area (Å²) in [7, 11) is 0. The number of hydrogen-bond acceptors (Lipinski definition) is 0. The molecule has 2 saturated carbocycles. The minimum atomic E-state index is 1.02. The van der Waals surface area contributed by atoms with Crippen LogP contribution >= 0.6 is 0 Å². The minimum Gasteiger partial charge on any atom is -0.0767 e. The van der Waals surface area contributed by atoms with E-state index in [1.807, 2.05) is 0 Å². The Morgan fingerprint density at radius 2 is 1.93 bits per heavy atom. The van der Waals surface area contributed by atoms with Gasteiger partial charge in [-0.05, 0) is 61.5 Å². The van der Waals surface area contributed by atoms with Crippen LogP contribution in [0.25, 0.3) is 0 Å². The highest BCUT2D eigenvalue weighted by Crippen LogP contribution is 2.39. The van der Waals surface area contributed by atoms with E-state index >= 15 is 0 Å². The van der Waals surface area contributed by atoms with Crippen LogP contribution in [-0.4, -0.2) is 0 Å². The molecule has 0 saturated heterocycles. The lowest BCUT2D eigenvalue weighted by Crippen LogP contribution is -1.86. The molecule has 0 aliphatic heterocycles. The molecule has 14 heavy (non-hydrogen) atoms. The van der Waals surface area contributed by atoms with E-state index in [9.17, 15) is 0 Å². The molecule has 0 unspecified atom stereocenters. The van der Waals surface area contributed by atoms with Crippen LogP contribution in [0.4, 0.5) is 0 Å². The molecule has 3 aliphatic rings. The molecular formula is C14H18. The molecule has 0 nitrogen and oxygen atoms in total. The van der Waals surface area contributed by atoms with Crippen LogP contribution in [0.3, 0.4) is 0 Å². The quantitative estimate of drug-likeness (QED) is 0.622. The van der Waals surface area contributed by atoms with Gasteiger partial charge in [0.1, 0.15) is 0 Å². The maximum Gasteiger partial charge on any atom is -0.0245 e. The van der Waals surface area contributed by atoms with Gasteiger partial charge in [-0.25, -0.2) is 0 Å². The molecule has 0 bridgehead atoms. The van der Waals surface area contributed by atoms with Crippen LogP contribution in [0.15, 0.2) is 35.5 Å². The standard InChI is InChI=1S/C14H18/c1-2-13(9-8-11-4-5-11)14(3-1)10-12-6-7-12/h1-3,9,11-12H,4-8,10H2/b13-9-. The molecule has 2 fully saturated rings. The van der Waals surface area contributed by atoms with Gasteiger partial charge in [-0.2, -0.15) is 0 Å². The van der Waals surface area contributed by atoms with E-state index in [0.717, 1.165) is 11.8 Å². The molecule has 0 radical (unpaired) electrons. The van der Waals surface area contributed by atoms with E-state index < -0.39 is 0 Å². The van der Waals surface area contributed by atoms with Crippen LogP contribution in [-0.2, 0) is 0 Å². The summed E-state index contributed by atoms with van der Waals surface area (Å²) in [4.78, 5) is 0. The average Bonchev–Trinajstić information content (AvgIpc) is 3.05. The third-order valence-electron chi connectivity index (χ3n) is 3.52. The van der Waals surface area contributed by atoms with Crippen molar-refractivity contribution in [3.05, 3.63) is 35.5 Å². The lowest BCUT2D eigenvalue weighted by molar-refractivity contribution is 0.823. The summed E-state index contributed by atoms with van der Waals surface area (Å²) in [5.74, 6) is 2.05. The van der Waals surface area contributed by atoms with Gasteiger partial charge in [0.2, 0.25) is 0 Å². The Morgan fingerprint density at radius 3 is 2.64 bits per heavy atom. The Hall–Kier alpha value is -0.780. The zero-order chi connectivity index (χ0) is 9.38. The Morgan fingerprint density at radius 1 is 1.14 bits per heavy atom. The molecule has 0 spiro atoms. The smallest absolute Gasteiger partial charge is 0.0245 e. The van der Waals surface area contributed by atoms with E-state index in [1.54, 1.807) is 5.57 Å². The van der Waals surface area contributed by atoms with Crippen LogP contribution < -0.4 is 0 Å². The first kappa shape index (κ1) is 8.52. The van der Waals surface area contributed by atoms with Crippen molar-refractivity contribution in [1.29, 1.82) is 0 Å². The monoisotopic (exact) mass is 186 g/mol. The first-order valence-corrected chi connectivity index (χ1v) is 5.99. The lowest BCUT2D eigenvalue weighted by Gasteiger charge is -2.03. The van der Waals surface area contributed by atoms with Gasteiger partial charge in [0.15, 0.2) is 0 Å². The Kier molecular flexibility index (Phi) is 2.08. The van der Waals surface area contributed by atoms with Gasteiger partial charge < -0.3 is 0 Å². The van der Waals surface area contributed by atoms with Gasteiger partial charge in [-0.3, -0.25) is 0 Å². The molecule has 0 aromatic carbocycles. The van der Waals surface area contributed by atoms with Crippen molar-refractivity contribution >= 4 is 0 Å². The van der Waals surface area contributed by atoms with E-state index in [2.05, 4.69) is 24.3 Å². The second-order valence-electron chi connectivity index (χ2n) is 5.04. The van der Waals surface area contributed by atoms with Crippen LogP contribution in [0, 0.1) is 11.8 Å². The summed E-state index contributed by atoms with van der Waals surface area (Å²) in [6, 6.07) is 0. The van der Waals surface area contributed by atoms with E-state index in [0.29, 0.717) is 0 Å². The number of allylic oxidation sites excluding steroid dienone is 6. The first-order chi connectivity index (χ1) is 6.92. The van der Waals surface area contributed by atoms with Crippen LogP contribution in [0.2, 0.25) is 0 Å². The molecular weight excluding hydrogens is 168 g/mol. The van der Waals surface area contributed by atoms with E-state index in [1.165, 1.54) is 44.1 Å². The summed E-state index contributed by atoms with van der Waals surface area (Å²) >= 11 is 0. The third-order valence-corrected chi connectivity index (χ3v) is 3.52. The highest BCUT2D eigenvalue weighted by Gasteiger charge is 2.24. The summed E-state index contributed by atoms with van der Waals surface area (Å²) in [6.45, 7) is 0. The van der Waals surface area contributed by atoms with Crippen molar-refractivity contribution in [2.24, 2.45) is 11.8 Å². The maximum absolute atomic E-state index is 2.47. The van der Waals surface area contributed by atoms with Gasteiger partial charge in [-0.1, -0.05) is 24.3 Å². The molecule has 0 aromatic heterocycles. The Labute approximate surface area is 86.4 Å². The fourth-order valence-electron chi connectivity index (χ4n) is 2.14. The predicted octanol–water partition coefficient (Wildman–Crippen LogP) is 4.01. The Balaban J connectivity index is 1.61. The topological polar surface area (TPSA) is 0 Å². The zero-order valence-corrected chi connectivity index (χ0v) is 8.71. The van der Waals surface area contributed by atoms with E-state index in [4.69, 9.17) is 0 Å². The zero-order valence-electron chi connectivity index (χ0n) is 8.71. The molecule has 0 heteroatoms. The second kappa shape index (κ2) is 3.42. The second-order valence-corrected chi connectivity index (χ2v) is 5.04. The van der Waals surface area contributed by atoms with Gasteiger partial charge in [-0.15, -0.1) is 0 Å². The van der Waals surface area contributed by atoms with Crippen molar-refractivity contribution in [2.45, 2.75) is 38.5 Å². The summed E-state index contributed by atoms with van der Waals surface area (Å²) in [5, 5.41) is 0. The van der Waals surface area contributed by atoms with Crippen molar-refractivity contribution in [3.8, 4) is 0 Å². The molecule has 3 aliphatic carbocycles. The molecule has 3 rings (SSSR count). The van der Waals surface area contributed by atoms with Gasteiger partial charge in [0, 0.05) is 0 Å². The molecule has 0 atom stereocenters. The van der Waals surface area contributed by atoms with Gasteiger partial charge in [0.05, 0.1) is 0 Å². The number of hydrogen-bond donors (Lipinski definition) is 0. The number of rotatable bonds is 4. The fourth-order valence-corrected chi connectivity index (χ4v) is 2.14. The third kappa shape index (κ3) is 2.00. The lowest BCUT2D eigenvalue weighted by atomic mass is 10.0. The molecule has 74 valence electrons. The van der Waals surface area contributed by atoms with Crippen molar-refractivity contribution in [3.63, 3.8) is 0 Å². The normalized spacial score (nSPS) is 28.6. The van der Waals surface area contributed by atoms with Gasteiger partial charge >= 0.3 is 0 Å². The van der Waals surface area contributed by atoms with Crippen molar-refractivity contribution < 1.29 is 0 Å². The molecule has 0 heterocycles. The molecule has 0 N–H and O–H groups in total. The van der Waals surface area contributed by atoms with Gasteiger partial charge in [0.25, 0.3) is 0 Å².